The molecule has 1 atom stereocenters. The van der Waals surface area contributed by atoms with Crippen LogP contribution in [-0.4, -0.2) is 24.6 Å². The Morgan fingerprint density at radius 3 is 2.67 bits per heavy atom. The van der Waals surface area contributed by atoms with Crippen LogP contribution in [0.5, 0.6) is 11.5 Å². The summed E-state index contributed by atoms with van der Waals surface area (Å²) >= 11 is 0. The first-order valence-corrected chi connectivity index (χ1v) is 6.05. The number of aliphatic hydroxyl groups excluding tert-OH is 1. The fourth-order valence-corrected chi connectivity index (χ4v) is 1.45. The average Bonchev–Trinajstić information content (AvgIpc) is 2.43. The first kappa shape index (κ1) is 14.5. The third-order valence-electron chi connectivity index (χ3n) is 2.94. The predicted molar refractivity (Wildman–Crippen MR) is 68.9 cm³/mol. The smallest absolute Gasteiger partial charge is 0.172 e. The van der Waals surface area contributed by atoms with Crippen LogP contribution in [0.2, 0.25) is 0 Å². The molecule has 1 N–H and O–H groups in total. The van der Waals surface area contributed by atoms with E-state index in [0.29, 0.717) is 11.5 Å². The first-order chi connectivity index (χ1) is 8.62. The lowest BCUT2D eigenvalue weighted by Crippen LogP contribution is -2.18. The Labute approximate surface area is 108 Å². The van der Waals surface area contributed by atoms with Gasteiger partial charge < -0.3 is 14.6 Å². The van der Waals surface area contributed by atoms with Gasteiger partial charge in [0.1, 0.15) is 6.61 Å². The number of ketones is 1. The molecule has 0 fully saturated rings. The highest BCUT2D eigenvalue weighted by Crippen LogP contribution is 2.28. The average molecular weight is 252 g/mol. The molecule has 4 nitrogen and oxygen atoms in total. The monoisotopic (exact) mass is 252 g/mol. The number of benzene rings is 1. The Kier molecular flexibility index (Phi) is 5.65. The van der Waals surface area contributed by atoms with Crippen LogP contribution in [0, 0.1) is 5.92 Å². The number of carbonyl (C=O) groups excluding carboxylic acids is 1. The quantitative estimate of drug-likeness (QED) is 0.808. The van der Waals surface area contributed by atoms with Crippen molar-refractivity contribution in [3.05, 3.63) is 23.8 Å². The van der Waals surface area contributed by atoms with Crippen LogP contribution in [0.3, 0.4) is 0 Å². The van der Waals surface area contributed by atoms with Gasteiger partial charge in [-0.05, 0) is 24.1 Å². The van der Waals surface area contributed by atoms with Gasteiger partial charge in [0.2, 0.25) is 0 Å². The lowest BCUT2D eigenvalue weighted by Gasteiger charge is -2.12. The minimum Gasteiger partial charge on any atom is -0.493 e. The number of hydrogen-bond acceptors (Lipinski definition) is 4. The fraction of sp³-hybridized carbons (Fsp3) is 0.500. The molecule has 0 aliphatic carbocycles. The number of aliphatic hydroxyl groups is 1. The van der Waals surface area contributed by atoms with Crippen LogP contribution in [0.1, 0.15) is 25.8 Å². The van der Waals surface area contributed by atoms with E-state index >= 15 is 0 Å². The Morgan fingerprint density at radius 2 is 2.11 bits per heavy atom. The first-order valence-electron chi connectivity index (χ1n) is 6.05. The highest BCUT2D eigenvalue weighted by Gasteiger charge is 2.13. The van der Waals surface area contributed by atoms with E-state index in [1.165, 1.54) is 7.11 Å². The molecule has 1 unspecified atom stereocenters. The van der Waals surface area contributed by atoms with Crippen LogP contribution in [0.4, 0.5) is 0 Å². The van der Waals surface area contributed by atoms with Gasteiger partial charge in [-0.2, -0.15) is 0 Å². The van der Waals surface area contributed by atoms with E-state index in [2.05, 4.69) is 0 Å². The Bertz CT molecular complexity index is 401. The van der Waals surface area contributed by atoms with Crippen molar-refractivity contribution in [3.63, 3.8) is 0 Å². The SMILES string of the molecule is CCC(C)C(=O)COc1ccc(CO)cc1OC. The summed E-state index contributed by atoms with van der Waals surface area (Å²) in [7, 11) is 1.53. The molecule has 18 heavy (non-hydrogen) atoms. The van der Waals surface area contributed by atoms with Crippen molar-refractivity contribution in [3.8, 4) is 11.5 Å². The van der Waals surface area contributed by atoms with Gasteiger partial charge in [0, 0.05) is 5.92 Å². The third kappa shape index (κ3) is 3.74. The second-order valence-electron chi connectivity index (χ2n) is 4.21. The third-order valence-corrected chi connectivity index (χ3v) is 2.94. The maximum Gasteiger partial charge on any atom is 0.172 e. The van der Waals surface area contributed by atoms with E-state index in [9.17, 15) is 4.79 Å². The molecule has 1 aromatic rings. The van der Waals surface area contributed by atoms with Crippen molar-refractivity contribution in [2.45, 2.75) is 26.9 Å². The van der Waals surface area contributed by atoms with E-state index in [1.54, 1.807) is 18.2 Å². The Morgan fingerprint density at radius 1 is 1.39 bits per heavy atom. The number of methoxy groups -OCH3 is 1. The molecule has 1 aromatic carbocycles. The standard InChI is InChI=1S/C14H20O4/c1-4-10(2)12(16)9-18-13-6-5-11(8-15)7-14(13)17-3/h5-7,10,15H,4,8-9H2,1-3H3. The van der Waals surface area contributed by atoms with Gasteiger partial charge in [-0.15, -0.1) is 0 Å². The zero-order chi connectivity index (χ0) is 13.5. The van der Waals surface area contributed by atoms with E-state index in [4.69, 9.17) is 14.6 Å². The van der Waals surface area contributed by atoms with Gasteiger partial charge in [-0.3, -0.25) is 4.79 Å². The van der Waals surface area contributed by atoms with Gasteiger partial charge in [0.05, 0.1) is 13.7 Å². The van der Waals surface area contributed by atoms with Gasteiger partial charge >= 0.3 is 0 Å². The topological polar surface area (TPSA) is 55.8 Å². The van der Waals surface area contributed by atoms with Crippen molar-refractivity contribution in [2.75, 3.05) is 13.7 Å². The van der Waals surface area contributed by atoms with Crippen molar-refractivity contribution >= 4 is 5.78 Å². The zero-order valence-electron chi connectivity index (χ0n) is 11.1. The predicted octanol–water partition coefficient (Wildman–Crippen LogP) is 2.18. The summed E-state index contributed by atoms with van der Waals surface area (Å²) in [4.78, 5) is 11.7. The van der Waals surface area contributed by atoms with Gasteiger partial charge in [-0.25, -0.2) is 0 Å². The van der Waals surface area contributed by atoms with Crippen molar-refractivity contribution in [1.82, 2.24) is 0 Å². The largest absolute Gasteiger partial charge is 0.493 e. The lowest BCUT2D eigenvalue weighted by atomic mass is 10.0. The van der Waals surface area contributed by atoms with Crippen LogP contribution in [0.15, 0.2) is 18.2 Å². The summed E-state index contributed by atoms with van der Waals surface area (Å²) in [5.74, 6) is 1.13. The number of hydrogen-bond donors (Lipinski definition) is 1. The van der Waals surface area contributed by atoms with Crippen LogP contribution >= 0.6 is 0 Å². The maximum atomic E-state index is 11.7. The molecule has 4 heteroatoms. The molecular weight excluding hydrogens is 232 g/mol. The highest BCUT2D eigenvalue weighted by atomic mass is 16.5. The van der Waals surface area contributed by atoms with Crippen LogP contribution < -0.4 is 9.47 Å². The molecule has 0 aliphatic rings. The molecule has 0 amide bonds. The minimum absolute atomic E-state index is 0.00714. The molecule has 0 bridgehead atoms. The second-order valence-corrected chi connectivity index (χ2v) is 4.21. The Hall–Kier alpha value is -1.55. The highest BCUT2D eigenvalue weighted by molar-refractivity contribution is 5.82. The summed E-state index contributed by atoms with van der Waals surface area (Å²) in [6, 6.07) is 5.14. The summed E-state index contributed by atoms with van der Waals surface area (Å²) in [5, 5.41) is 9.02. The van der Waals surface area contributed by atoms with Gasteiger partial charge in [0.15, 0.2) is 17.3 Å². The normalized spacial score (nSPS) is 12.0. The lowest BCUT2D eigenvalue weighted by molar-refractivity contribution is -0.124. The number of carbonyl (C=O) groups is 1. The molecular formula is C14H20O4. The van der Waals surface area contributed by atoms with Crippen LogP contribution in [0.25, 0.3) is 0 Å². The summed E-state index contributed by atoms with van der Waals surface area (Å²) < 4.78 is 10.6. The number of ether oxygens (including phenoxy) is 2. The van der Waals surface area contributed by atoms with Gasteiger partial charge in [-0.1, -0.05) is 19.9 Å². The molecule has 0 saturated heterocycles. The molecule has 0 heterocycles. The van der Waals surface area contributed by atoms with Crippen molar-refractivity contribution < 1.29 is 19.4 Å². The van der Waals surface area contributed by atoms with Crippen LogP contribution in [-0.2, 0) is 11.4 Å². The van der Waals surface area contributed by atoms with Crippen molar-refractivity contribution in [1.29, 1.82) is 0 Å². The van der Waals surface area contributed by atoms with Crippen molar-refractivity contribution in [2.24, 2.45) is 5.92 Å². The summed E-state index contributed by atoms with van der Waals surface area (Å²) in [6.07, 6.45) is 0.808. The minimum atomic E-state index is -0.0531. The maximum absolute atomic E-state index is 11.7. The molecule has 0 aliphatic heterocycles. The zero-order valence-corrected chi connectivity index (χ0v) is 11.1. The molecule has 0 aromatic heterocycles. The summed E-state index contributed by atoms with van der Waals surface area (Å²) in [6.45, 7) is 3.85. The molecule has 0 saturated carbocycles. The second kappa shape index (κ2) is 7.01. The van der Waals surface area contributed by atoms with E-state index in [-0.39, 0.29) is 24.9 Å². The molecule has 0 spiro atoms. The molecule has 0 radical (unpaired) electrons. The Balaban J connectivity index is 2.70. The van der Waals surface area contributed by atoms with E-state index in [1.807, 2.05) is 13.8 Å². The number of rotatable bonds is 7. The van der Waals surface area contributed by atoms with E-state index in [0.717, 1.165) is 12.0 Å². The van der Waals surface area contributed by atoms with Gasteiger partial charge in [0.25, 0.3) is 0 Å². The van der Waals surface area contributed by atoms with E-state index < -0.39 is 0 Å². The number of Topliss-reactive ketones (excluding diaryl/α,β-unsaturated/α-hetero) is 1. The fourth-order valence-electron chi connectivity index (χ4n) is 1.45. The molecule has 1 rings (SSSR count). The summed E-state index contributed by atoms with van der Waals surface area (Å²) in [5.41, 5.74) is 0.743. The molecule has 100 valence electrons.